The topological polar surface area (TPSA) is 96.7 Å². The van der Waals surface area contributed by atoms with Crippen LogP contribution in [0.5, 0.6) is 0 Å². The van der Waals surface area contributed by atoms with Crippen molar-refractivity contribution in [1.82, 2.24) is 14.9 Å². The number of nitrogen functional groups attached to an aromatic ring is 1. The SMILES string of the molecule is C=C(N=C1CCCC/C1=C/N)c1cc(N2CCN(C)CC2)nc(N)n1. The van der Waals surface area contributed by atoms with E-state index in [0.717, 1.165) is 69.0 Å². The highest BCUT2D eigenvalue weighted by Gasteiger charge is 2.18. The van der Waals surface area contributed by atoms with Gasteiger partial charge in [-0.05, 0) is 44.5 Å². The summed E-state index contributed by atoms with van der Waals surface area (Å²) in [7, 11) is 2.13. The van der Waals surface area contributed by atoms with E-state index in [1.165, 1.54) is 0 Å². The van der Waals surface area contributed by atoms with Crippen LogP contribution in [0.1, 0.15) is 31.4 Å². The second-order valence-corrected chi connectivity index (χ2v) is 6.66. The van der Waals surface area contributed by atoms with Crippen LogP contribution in [0.25, 0.3) is 5.70 Å². The fourth-order valence-electron chi connectivity index (χ4n) is 3.24. The average molecular weight is 341 g/mol. The summed E-state index contributed by atoms with van der Waals surface area (Å²) in [5, 5.41) is 0. The van der Waals surface area contributed by atoms with Gasteiger partial charge in [-0.2, -0.15) is 4.98 Å². The molecular weight excluding hydrogens is 314 g/mol. The highest BCUT2D eigenvalue weighted by molar-refractivity contribution is 6.03. The summed E-state index contributed by atoms with van der Waals surface area (Å²) in [6, 6.07) is 1.93. The van der Waals surface area contributed by atoms with Crippen LogP contribution in [-0.4, -0.2) is 53.8 Å². The van der Waals surface area contributed by atoms with Gasteiger partial charge >= 0.3 is 0 Å². The number of aromatic nitrogens is 2. The summed E-state index contributed by atoms with van der Waals surface area (Å²) < 4.78 is 0. The molecule has 2 aliphatic rings. The zero-order valence-corrected chi connectivity index (χ0v) is 14.9. The summed E-state index contributed by atoms with van der Waals surface area (Å²) >= 11 is 0. The van der Waals surface area contributed by atoms with Gasteiger partial charge in [0.15, 0.2) is 0 Å². The van der Waals surface area contributed by atoms with Gasteiger partial charge in [0.2, 0.25) is 5.95 Å². The van der Waals surface area contributed by atoms with E-state index in [4.69, 9.17) is 16.5 Å². The Labute approximate surface area is 149 Å². The monoisotopic (exact) mass is 341 g/mol. The molecule has 7 heteroatoms. The minimum absolute atomic E-state index is 0.256. The molecule has 4 N–H and O–H groups in total. The third kappa shape index (κ3) is 4.17. The fraction of sp³-hybridized carbons (Fsp3) is 0.500. The molecule has 0 spiro atoms. The normalized spacial score (nSPS) is 22.5. The van der Waals surface area contributed by atoms with Crippen LogP contribution < -0.4 is 16.4 Å². The number of aliphatic imine (C=N–C) groups is 1. The molecule has 25 heavy (non-hydrogen) atoms. The van der Waals surface area contributed by atoms with Gasteiger partial charge < -0.3 is 21.3 Å². The molecule has 7 nitrogen and oxygen atoms in total. The van der Waals surface area contributed by atoms with Crippen molar-refractivity contribution in [3.05, 3.63) is 30.1 Å². The van der Waals surface area contributed by atoms with Gasteiger partial charge in [0.25, 0.3) is 0 Å². The molecule has 0 atom stereocenters. The van der Waals surface area contributed by atoms with Gasteiger partial charge in [-0.1, -0.05) is 6.58 Å². The lowest BCUT2D eigenvalue weighted by Gasteiger charge is -2.33. The molecule has 0 aromatic carbocycles. The quantitative estimate of drug-likeness (QED) is 0.867. The van der Waals surface area contributed by atoms with Crippen LogP contribution in [0.4, 0.5) is 11.8 Å². The van der Waals surface area contributed by atoms with Crippen molar-refractivity contribution < 1.29 is 0 Å². The molecular formula is C18H27N7. The molecule has 1 saturated heterocycles. The van der Waals surface area contributed by atoms with E-state index in [1.807, 2.05) is 6.07 Å². The average Bonchev–Trinajstić information content (AvgIpc) is 2.62. The predicted molar refractivity (Wildman–Crippen MR) is 103 cm³/mol. The van der Waals surface area contributed by atoms with Crippen molar-refractivity contribution >= 4 is 23.2 Å². The third-order valence-electron chi connectivity index (χ3n) is 4.80. The molecule has 1 aliphatic carbocycles. The van der Waals surface area contributed by atoms with Gasteiger partial charge in [-0.25, -0.2) is 4.98 Å². The summed E-state index contributed by atoms with van der Waals surface area (Å²) in [5.41, 5.74) is 15.1. The van der Waals surface area contributed by atoms with E-state index in [0.29, 0.717) is 11.4 Å². The van der Waals surface area contributed by atoms with Crippen molar-refractivity contribution in [2.75, 3.05) is 43.9 Å². The van der Waals surface area contributed by atoms with Crippen LogP contribution in [0, 0.1) is 0 Å². The first kappa shape index (κ1) is 17.4. The highest BCUT2D eigenvalue weighted by atomic mass is 15.3. The molecule has 1 aromatic rings. The number of hydrogen-bond donors (Lipinski definition) is 2. The first-order valence-corrected chi connectivity index (χ1v) is 8.83. The van der Waals surface area contributed by atoms with E-state index >= 15 is 0 Å². The van der Waals surface area contributed by atoms with Crippen LogP contribution in [0.15, 0.2) is 29.4 Å². The van der Waals surface area contributed by atoms with E-state index in [1.54, 1.807) is 6.20 Å². The van der Waals surface area contributed by atoms with Crippen molar-refractivity contribution in [2.24, 2.45) is 10.7 Å². The third-order valence-corrected chi connectivity index (χ3v) is 4.80. The summed E-state index contributed by atoms with van der Waals surface area (Å²) in [6.07, 6.45) is 5.84. The van der Waals surface area contributed by atoms with Gasteiger partial charge in [0, 0.05) is 38.0 Å². The molecule has 0 unspecified atom stereocenters. The summed E-state index contributed by atoms with van der Waals surface area (Å²) in [6.45, 7) is 7.96. The zero-order valence-electron chi connectivity index (χ0n) is 14.9. The standard InChI is InChI=1S/C18H27N7/c1-13(21-15-6-4-3-5-14(15)12-19)16-11-17(23-18(20)22-16)25-9-7-24(2)8-10-25/h11-12H,1,3-10,19H2,2H3,(H2,20,22,23)/b14-12-,21-15?. The summed E-state index contributed by atoms with van der Waals surface area (Å²) in [4.78, 5) is 18.0. The van der Waals surface area contributed by atoms with Crippen LogP contribution in [0.3, 0.4) is 0 Å². The number of piperazine rings is 1. The molecule has 1 aromatic heterocycles. The minimum atomic E-state index is 0.256. The molecule has 134 valence electrons. The Morgan fingerprint density at radius 3 is 2.64 bits per heavy atom. The first-order valence-electron chi connectivity index (χ1n) is 8.83. The van der Waals surface area contributed by atoms with Crippen LogP contribution >= 0.6 is 0 Å². The van der Waals surface area contributed by atoms with Crippen molar-refractivity contribution in [2.45, 2.75) is 25.7 Å². The maximum Gasteiger partial charge on any atom is 0.222 e. The lowest BCUT2D eigenvalue weighted by atomic mass is 9.93. The number of likely N-dealkylation sites (N-methyl/N-ethyl adjacent to an activating group) is 1. The minimum Gasteiger partial charge on any atom is -0.404 e. The molecule has 0 radical (unpaired) electrons. The van der Waals surface area contributed by atoms with Crippen LogP contribution in [-0.2, 0) is 0 Å². The molecule has 0 amide bonds. The number of allylic oxidation sites excluding steroid dienone is 1. The number of nitrogens with zero attached hydrogens (tertiary/aromatic N) is 5. The largest absolute Gasteiger partial charge is 0.404 e. The van der Waals surface area contributed by atoms with E-state index < -0.39 is 0 Å². The van der Waals surface area contributed by atoms with Gasteiger partial charge in [-0.3, -0.25) is 4.99 Å². The number of rotatable bonds is 3. The second-order valence-electron chi connectivity index (χ2n) is 6.66. The lowest BCUT2D eigenvalue weighted by molar-refractivity contribution is 0.312. The number of anilines is 2. The smallest absolute Gasteiger partial charge is 0.222 e. The maximum absolute atomic E-state index is 5.94. The maximum atomic E-state index is 5.94. The van der Waals surface area contributed by atoms with Crippen molar-refractivity contribution in [3.8, 4) is 0 Å². The lowest BCUT2D eigenvalue weighted by Crippen LogP contribution is -2.44. The predicted octanol–water partition coefficient (Wildman–Crippen LogP) is 1.64. The highest BCUT2D eigenvalue weighted by Crippen LogP contribution is 2.25. The van der Waals surface area contributed by atoms with E-state index in [-0.39, 0.29) is 5.95 Å². The fourth-order valence-corrected chi connectivity index (χ4v) is 3.24. The van der Waals surface area contributed by atoms with E-state index in [2.05, 4.69) is 33.4 Å². The Kier molecular flexibility index (Phi) is 5.33. The Morgan fingerprint density at radius 1 is 1.20 bits per heavy atom. The Hall–Kier alpha value is -2.41. The van der Waals surface area contributed by atoms with Crippen molar-refractivity contribution in [1.29, 1.82) is 0 Å². The molecule has 2 fully saturated rings. The molecule has 2 heterocycles. The van der Waals surface area contributed by atoms with Crippen molar-refractivity contribution in [3.63, 3.8) is 0 Å². The number of hydrogen-bond acceptors (Lipinski definition) is 7. The van der Waals surface area contributed by atoms with Crippen LogP contribution in [0.2, 0.25) is 0 Å². The number of nitrogens with two attached hydrogens (primary N) is 2. The van der Waals surface area contributed by atoms with Gasteiger partial charge in [-0.15, -0.1) is 0 Å². The first-order chi connectivity index (χ1) is 12.1. The summed E-state index contributed by atoms with van der Waals surface area (Å²) in [5.74, 6) is 1.10. The molecule has 1 saturated carbocycles. The molecule has 0 bridgehead atoms. The Bertz CT molecular complexity index is 699. The molecule has 1 aliphatic heterocycles. The Balaban J connectivity index is 1.83. The molecule has 3 rings (SSSR count). The second kappa shape index (κ2) is 7.65. The Morgan fingerprint density at radius 2 is 1.92 bits per heavy atom. The van der Waals surface area contributed by atoms with Gasteiger partial charge in [0.1, 0.15) is 5.82 Å². The zero-order chi connectivity index (χ0) is 17.8. The van der Waals surface area contributed by atoms with E-state index in [9.17, 15) is 0 Å². The van der Waals surface area contributed by atoms with Gasteiger partial charge in [0.05, 0.1) is 11.4 Å².